The summed E-state index contributed by atoms with van der Waals surface area (Å²) < 4.78 is 69.4. The predicted octanol–water partition coefficient (Wildman–Crippen LogP) is 4.15. The molecule has 0 aromatic heterocycles. The lowest BCUT2D eigenvalue weighted by atomic mass is 10.0. The van der Waals surface area contributed by atoms with Crippen molar-refractivity contribution in [3.63, 3.8) is 0 Å². The number of carboxylic acids is 2. The fourth-order valence-corrected chi connectivity index (χ4v) is 4.39. The van der Waals surface area contributed by atoms with Crippen molar-refractivity contribution in [3.8, 4) is 5.75 Å². The Morgan fingerprint density at radius 2 is 1.42 bits per heavy atom. The lowest BCUT2D eigenvalue weighted by Gasteiger charge is -2.40. The third kappa shape index (κ3) is 12.7. The van der Waals surface area contributed by atoms with Crippen LogP contribution in [0.1, 0.15) is 18.4 Å². The molecule has 2 N–H and O–H groups in total. The summed E-state index contributed by atoms with van der Waals surface area (Å²) in [5.74, 6) is -1.84. The van der Waals surface area contributed by atoms with Gasteiger partial charge in [0.25, 0.3) is 0 Å². The van der Waals surface area contributed by atoms with Gasteiger partial charge in [-0.15, -0.1) is 0 Å². The minimum atomic E-state index is -5.08. The van der Waals surface area contributed by atoms with E-state index in [0.717, 1.165) is 24.9 Å². The second-order valence-corrected chi connectivity index (χ2v) is 9.17. The number of aryl methyl sites for hydroxylation is 1. The fourth-order valence-electron chi connectivity index (χ4n) is 3.45. The Bertz CT molecular complexity index is 787. The van der Waals surface area contributed by atoms with E-state index in [1.807, 2.05) is 6.07 Å². The normalized spacial score (nSPS) is 17.8. The molecule has 0 spiro atoms. The molecule has 36 heavy (non-hydrogen) atoms. The molecule has 7 nitrogen and oxygen atoms in total. The van der Waals surface area contributed by atoms with Gasteiger partial charge in [0.05, 0.1) is 0 Å². The van der Waals surface area contributed by atoms with Crippen LogP contribution in [0.15, 0.2) is 24.3 Å². The molecule has 1 aromatic rings. The maximum atomic E-state index is 10.6. The van der Waals surface area contributed by atoms with E-state index in [0.29, 0.717) is 0 Å². The molecule has 0 bridgehead atoms. The molecule has 0 unspecified atom stereocenters. The standard InChI is InChI=1S/C18H28N2OS.2C2HF3O2/c1-16-4-2-3-5-18(16)21-13-10-19-8-6-17(7-9-19)20-11-14-22-15-12-20;2*3-2(4,5)1(6)7/h2-5,17H,6-15H2,1H3;2*(H,6,7). The van der Waals surface area contributed by atoms with Crippen LogP contribution >= 0.6 is 11.8 Å². The third-order valence-electron chi connectivity index (χ3n) is 5.36. The molecule has 0 saturated carbocycles. The number of aliphatic carboxylic acids is 2. The van der Waals surface area contributed by atoms with E-state index in [1.165, 1.54) is 56.1 Å². The first-order chi connectivity index (χ1) is 16.7. The molecule has 0 aliphatic carbocycles. The number of carboxylic acid groups (broad SMARTS) is 2. The first kappa shape index (κ1) is 31.8. The van der Waals surface area contributed by atoms with Crippen LogP contribution in [0.25, 0.3) is 0 Å². The highest BCUT2D eigenvalue weighted by atomic mass is 32.2. The first-order valence-electron chi connectivity index (χ1n) is 11.0. The van der Waals surface area contributed by atoms with Crippen molar-refractivity contribution in [3.05, 3.63) is 29.8 Å². The number of para-hydroxylation sites is 1. The number of halogens is 6. The molecule has 2 saturated heterocycles. The van der Waals surface area contributed by atoms with Crippen LogP contribution in [-0.2, 0) is 9.59 Å². The van der Waals surface area contributed by atoms with Crippen molar-refractivity contribution in [1.82, 2.24) is 9.80 Å². The zero-order valence-corrected chi connectivity index (χ0v) is 20.5. The average molecular weight is 549 g/mol. The molecule has 2 fully saturated rings. The van der Waals surface area contributed by atoms with E-state index in [9.17, 15) is 26.3 Å². The second kappa shape index (κ2) is 15.2. The summed E-state index contributed by atoms with van der Waals surface area (Å²) in [5, 5.41) is 14.2. The van der Waals surface area contributed by atoms with Crippen LogP contribution in [0.3, 0.4) is 0 Å². The van der Waals surface area contributed by atoms with Gasteiger partial charge in [0, 0.05) is 37.2 Å². The van der Waals surface area contributed by atoms with E-state index in [1.54, 1.807) is 0 Å². The molecular weight excluding hydrogens is 518 g/mol. The molecule has 0 atom stereocenters. The Morgan fingerprint density at radius 1 is 0.944 bits per heavy atom. The van der Waals surface area contributed by atoms with Gasteiger partial charge in [-0.1, -0.05) is 18.2 Å². The zero-order chi connectivity index (χ0) is 27.4. The quantitative estimate of drug-likeness (QED) is 0.531. The van der Waals surface area contributed by atoms with Crippen molar-refractivity contribution in [1.29, 1.82) is 0 Å². The van der Waals surface area contributed by atoms with E-state index in [-0.39, 0.29) is 0 Å². The first-order valence-corrected chi connectivity index (χ1v) is 12.2. The summed E-state index contributed by atoms with van der Waals surface area (Å²) in [5.41, 5.74) is 1.23. The van der Waals surface area contributed by atoms with Gasteiger partial charge in [-0.2, -0.15) is 38.1 Å². The molecule has 206 valence electrons. The lowest BCUT2D eigenvalue weighted by molar-refractivity contribution is -0.193. The molecule has 2 heterocycles. The number of hydrogen-bond acceptors (Lipinski definition) is 6. The number of nitrogens with zero attached hydrogens (tertiary/aromatic N) is 2. The van der Waals surface area contributed by atoms with Gasteiger partial charge in [-0.3, -0.25) is 9.80 Å². The Balaban J connectivity index is 0.000000383. The van der Waals surface area contributed by atoms with Gasteiger partial charge in [-0.05, 0) is 44.5 Å². The molecule has 0 amide bonds. The number of benzene rings is 1. The van der Waals surface area contributed by atoms with Crippen LogP contribution in [0.5, 0.6) is 5.75 Å². The summed E-state index contributed by atoms with van der Waals surface area (Å²) in [6.07, 6.45) is -7.51. The van der Waals surface area contributed by atoms with Crippen LogP contribution < -0.4 is 4.74 Å². The Kier molecular flexibility index (Phi) is 13.4. The van der Waals surface area contributed by atoms with Crippen molar-refractivity contribution in [2.75, 3.05) is 50.8 Å². The lowest BCUT2D eigenvalue weighted by Crippen LogP contribution is -2.48. The number of piperidine rings is 1. The number of thioether (sulfide) groups is 1. The summed E-state index contributed by atoms with van der Waals surface area (Å²) in [6.45, 7) is 9.01. The van der Waals surface area contributed by atoms with Gasteiger partial charge in [0.1, 0.15) is 12.4 Å². The molecule has 14 heteroatoms. The van der Waals surface area contributed by atoms with E-state index >= 15 is 0 Å². The van der Waals surface area contributed by atoms with E-state index in [2.05, 4.69) is 46.7 Å². The molecule has 3 rings (SSSR count). The Hall–Kier alpha value is -2.19. The van der Waals surface area contributed by atoms with Crippen molar-refractivity contribution in [2.45, 2.75) is 38.2 Å². The van der Waals surface area contributed by atoms with Crippen LogP contribution in [-0.4, -0.2) is 101 Å². The number of ether oxygens (including phenoxy) is 1. The van der Waals surface area contributed by atoms with Gasteiger partial charge in [0.2, 0.25) is 0 Å². The van der Waals surface area contributed by atoms with E-state index < -0.39 is 24.3 Å². The topological polar surface area (TPSA) is 90.3 Å². The van der Waals surface area contributed by atoms with Crippen molar-refractivity contribution in [2.24, 2.45) is 0 Å². The number of rotatable bonds is 5. The minimum Gasteiger partial charge on any atom is -0.492 e. The highest BCUT2D eigenvalue weighted by Gasteiger charge is 2.38. The third-order valence-corrected chi connectivity index (χ3v) is 6.31. The molecule has 0 radical (unpaired) electrons. The fraction of sp³-hybridized carbons (Fsp3) is 0.636. The number of likely N-dealkylation sites (tertiary alicyclic amines) is 1. The van der Waals surface area contributed by atoms with E-state index in [4.69, 9.17) is 24.5 Å². The summed E-state index contributed by atoms with van der Waals surface area (Å²) >= 11 is 2.10. The highest BCUT2D eigenvalue weighted by Crippen LogP contribution is 2.21. The average Bonchev–Trinajstić information content (AvgIpc) is 2.81. The number of alkyl halides is 6. The molecule has 2 aliphatic rings. The minimum absolute atomic E-state index is 0.801. The van der Waals surface area contributed by atoms with Crippen LogP contribution in [0.2, 0.25) is 0 Å². The zero-order valence-electron chi connectivity index (χ0n) is 19.6. The number of carbonyl (C=O) groups is 2. The SMILES string of the molecule is Cc1ccccc1OCCN1CCC(N2CCSCC2)CC1.O=C(O)C(F)(F)F.O=C(O)C(F)(F)F. The largest absolute Gasteiger partial charge is 0.492 e. The summed E-state index contributed by atoms with van der Waals surface area (Å²) in [4.78, 5) is 23.1. The highest BCUT2D eigenvalue weighted by molar-refractivity contribution is 7.99. The van der Waals surface area contributed by atoms with Gasteiger partial charge in [0.15, 0.2) is 0 Å². The molecule has 1 aromatic carbocycles. The summed E-state index contributed by atoms with van der Waals surface area (Å²) in [6, 6.07) is 9.11. The second-order valence-electron chi connectivity index (χ2n) is 7.94. The van der Waals surface area contributed by atoms with Gasteiger partial charge >= 0.3 is 24.3 Å². The maximum Gasteiger partial charge on any atom is 0.490 e. The Morgan fingerprint density at radius 3 is 1.86 bits per heavy atom. The van der Waals surface area contributed by atoms with Crippen molar-refractivity contribution >= 4 is 23.7 Å². The molecular formula is C22H30F6N2O5S. The van der Waals surface area contributed by atoms with Crippen LogP contribution in [0.4, 0.5) is 26.3 Å². The van der Waals surface area contributed by atoms with Crippen molar-refractivity contribution < 1.29 is 50.9 Å². The monoisotopic (exact) mass is 548 g/mol. The maximum absolute atomic E-state index is 10.6. The predicted molar refractivity (Wildman–Crippen MR) is 122 cm³/mol. The van der Waals surface area contributed by atoms with Gasteiger partial charge < -0.3 is 14.9 Å². The summed E-state index contributed by atoms with van der Waals surface area (Å²) in [7, 11) is 0. The Labute approximate surface area is 209 Å². The molecule has 2 aliphatic heterocycles. The van der Waals surface area contributed by atoms with Crippen LogP contribution in [0, 0.1) is 6.92 Å². The number of hydrogen-bond donors (Lipinski definition) is 2. The van der Waals surface area contributed by atoms with Gasteiger partial charge in [-0.25, -0.2) is 9.59 Å². The smallest absolute Gasteiger partial charge is 0.490 e.